The van der Waals surface area contributed by atoms with Crippen LogP contribution < -0.4 is 10.3 Å². The van der Waals surface area contributed by atoms with Gasteiger partial charge in [-0.2, -0.15) is 0 Å². The highest BCUT2D eigenvalue weighted by Crippen LogP contribution is 2.22. The summed E-state index contributed by atoms with van der Waals surface area (Å²) in [5.74, 6) is 0.351. The van der Waals surface area contributed by atoms with Crippen molar-refractivity contribution >= 4 is 17.3 Å². The average molecular weight is 296 g/mol. The number of aromatic nitrogens is 2. The van der Waals surface area contributed by atoms with Crippen LogP contribution in [-0.2, 0) is 6.54 Å². The molecule has 0 radical (unpaired) electrons. The normalized spacial score (nSPS) is 10.3. The van der Waals surface area contributed by atoms with Crippen molar-refractivity contribution in [3.63, 3.8) is 0 Å². The minimum Gasteiger partial charge on any atom is -0.496 e. The zero-order chi connectivity index (χ0) is 14.7. The van der Waals surface area contributed by atoms with E-state index >= 15 is 0 Å². The first kappa shape index (κ1) is 14.0. The molecule has 0 saturated heterocycles. The van der Waals surface area contributed by atoms with Crippen LogP contribution in [0.1, 0.15) is 5.56 Å². The predicted molar refractivity (Wildman–Crippen MR) is 72.3 cm³/mol. The van der Waals surface area contributed by atoms with Gasteiger partial charge in [0.25, 0.3) is 11.2 Å². The van der Waals surface area contributed by atoms with E-state index in [-0.39, 0.29) is 22.9 Å². The topological polar surface area (TPSA) is 87.3 Å². The minimum absolute atomic E-state index is 0.0999. The van der Waals surface area contributed by atoms with Crippen LogP contribution in [-0.4, -0.2) is 21.6 Å². The SMILES string of the molecule is COc1cc(Cn2cnc(Cl)cc2=O)cc([N+](=O)[O-])c1. The summed E-state index contributed by atoms with van der Waals surface area (Å²) in [5, 5.41) is 10.9. The summed E-state index contributed by atoms with van der Waals surface area (Å²) in [5.41, 5.74) is 0.118. The van der Waals surface area contributed by atoms with E-state index in [2.05, 4.69) is 4.98 Å². The monoisotopic (exact) mass is 295 g/mol. The number of hydrogen-bond acceptors (Lipinski definition) is 5. The van der Waals surface area contributed by atoms with Gasteiger partial charge in [-0.3, -0.25) is 19.5 Å². The van der Waals surface area contributed by atoms with Crippen molar-refractivity contribution in [2.24, 2.45) is 0 Å². The van der Waals surface area contributed by atoms with Gasteiger partial charge in [0.2, 0.25) is 0 Å². The molecule has 0 saturated carbocycles. The molecule has 0 aliphatic carbocycles. The number of benzene rings is 1. The fourth-order valence-electron chi connectivity index (χ4n) is 1.68. The van der Waals surface area contributed by atoms with E-state index in [1.54, 1.807) is 6.07 Å². The van der Waals surface area contributed by atoms with Crippen molar-refractivity contribution in [3.05, 3.63) is 61.8 Å². The second-order valence-corrected chi connectivity index (χ2v) is 4.36. The third-order valence-electron chi connectivity index (χ3n) is 2.60. The third-order valence-corrected chi connectivity index (χ3v) is 2.80. The smallest absolute Gasteiger partial charge is 0.273 e. The van der Waals surface area contributed by atoms with E-state index in [1.807, 2.05) is 0 Å². The molecule has 1 heterocycles. The zero-order valence-electron chi connectivity index (χ0n) is 10.4. The summed E-state index contributed by atoms with van der Waals surface area (Å²) in [4.78, 5) is 25.8. The molecule has 0 fully saturated rings. The molecule has 0 aliphatic heterocycles. The Hall–Kier alpha value is -2.41. The summed E-state index contributed by atoms with van der Waals surface area (Å²) in [6.45, 7) is 0.140. The van der Waals surface area contributed by atoms with Crippen molar-refractivity contribution in [3.8, 4) is 5.75 Å². The fourth-order valence-corrected chi connectivity index (χ4v) is 1.81. The first-order chi connectivity index (χ1) is 9.49. The molecule has 0 amide bonds. The highest BCUT2D eigenvalue weighted by atomic mass is 35.5. The molecule has 0 atom stereocenters. The Morgan fingerprint density at radius 2 is 2.15 bits per heavy atom. The van der Waals surface area contributed by atoms with Gasteiger partial charge < -0.3 is 4.74 Å². The molecule has 7 nitrogen and oxygen atoms in total. The number of ether oxygens (including phenoxy) is 1. The Balaban J connectivity index is 2.40. The molecule has 0 N–H and O–H groups in total. The summed E-state index contributed by atoms with van der Waals surface area (Å²) in [7, 11) is 1.42. The Labute approximate surface area is 118 Å². The van der Waals surface area contributed by atoms with Crippen LogP contribution in [0.4, 0.5) is 5.69 Å². The Morgan fingerprint density at radius 3 is 2.75 bits per heavy atom. The van der Waals surface area contributed by atoms with Crippen molar-refractivity contribution < 1.29 is 9.66 Å². The molecule has 8 heteroatoms. The van der Waals surface area contributed by atoms with Crippen LogP contribution in [0.15, 0.2) is 35.4 Å². The van der Waals surface area contributed by atoms with E-state index < -0.39 is 4.92 Å². The summed E-state index contributed by atoms with van der Waals surface area (Å²) in [6.07, 6.45) is 1.29. The van der Waals surface area contributed by atoms with Crippen molar-refractivity contribution in [2.75, 3.05) is 7.11 Å². The lowest BCUT2D eigenvalue weighted by molar-refractivity contribution is -0.385. The van der Waals surface area contributed by atoms with Crippen LogP contribution in [0.2, 0.25) is 5.15 Å². The van der Waals surface area contributed by atoms with Crippen molar-refractivity contribution in [2.45, 2.75) is 6.54 Å². The molecule has 1 aromatic heterocycles. The van der Waals surface area contributed by atoms with Crippen LogP contribution >= 0.6 is 11.6 Å². The lowest BCUT2D eigenvalue weighted by atomic mass is 10.2. The molecule has 0 aliphatic rings. The molecule has 20 heavy (non-hydrogen) atoms. The van der Waals surface area contributed by atoms with Crippen molar-refractivity contribution in [1.82, 2.24) is 9.55 Å². The van der Waals surface area contributed by atoms with Gasteiger partial charge in [0.1, 0.15) is 10.9 Å². The van der Waals surface area contributed by atoms with Gasteiger partial charge in [-0.15, -0.1) is 0 Å². The standard InChI is InChI=1S/C12H10ClN3O4/c1-20-10-3-8(2-9(4-10)16(18)19)6-15-7-14-11(13)5-12(15)17/h2-5,7H,6H2,1H3. The molecule has 2 rings (SSSR count). The Bertz CT molecular complexity index is 714. The van der Waals surface area contributed by atoms with E-state index in [0.29, 0.717) is 11.3 Å². The van der Waals surface area contributed by atoms with Crippen LogP contribution in [0.5, 0.6) is 5.75 Å². The average Bonchev–Trinajstić information content (AvgIpc) is 2.41. The van der Waals surface area contributed by atoms with E-state index in [4.69, 9.17) is 16.3 Å². The highest BCUT2D eigenvalue weighted by molar-refractivity contribution is 6.29. The largest absolute Gasteiger partial charge is 0.496 e. The van der Waals surface area contributed by atoms with Crippen LogP contribution in [0, 0.1) is 10.1 Å². The van der Waals surface area contributed by atoms with Crippen LogP contribution in [0.3, 0.4) is 0 Å². The molecule has 2 aromatic rings. The van der Waals surface area contributed by atoms with Gasteiger partial charge in [0.05, 0.1) is 31.0 Å². The van der Waals surface area contributed by atoms with Gasteiger partial charge in [0, 0.05) is 12.1 Å². The molecule has 0 bridgehead atoms. The quantitative estimate of drug-likeness (QED) is 0.488. The van der Waals surface area contributed by atoms with Crippen LogP contribution in [0.25, 0.3) is 0 Å². The molecular weight excluding hydrogens is 286 g/mol. The molecule has 0 unspecified atom stereocenters. The lowest BCUT2D eigenvalue weighted by Crippen LogP contribution is -2.19. The number of nitrogens with zero attached hydrogens (tertiary/aromatic N) is 3. The molecule has 1 aromatic carbocycles. The number of hydrogen-bond donors (Lipinski definition) is 0. The number of non-ortho nitro benzene ring substituents is 1. The van der Waals surface area contributed by atoms with Gasteiger partial charge in [-0.1, -0.05) is 11.6 Å². The van der Waals surface area contributed by atoms with E-state index in [9.17, 15) is 14.9 Å². The number of nitro groups is 1. The zero-order valence-corrected chi connectivity index (χ0v) is 11.2. The second kappa shape index (κ2) is 5.70. The maximum atomic E-state index is 11.7. The number of rotatable bonds is 4. The van der Waals surface area contributed by atoms with Gasteiger partial charge in [-0.25, -0.2) is 4.98 Å². The summed E-state index contributed by atoms with van der Waals surface area (Å²) in [6, 6.07) is 5.49. The fraction of sp³-hybridized carbons (Fsp3) is 0.167. The number of nitro benzene ring substituents is 1. The lowest BCUT2D eigenvalue weighted by Gasteiger charge is -2.07. The molecular formula is C12H10ClN3O4. The van der Waals surface area contributed by atoms with Gasteiger partial charge in [0.15, 0.2) is 0 Å². The second-order valence-electron chi connectivity index (χ2n) is 3.97. The third kappa shape index (κ3) is 3.12. The Kier molecular flexibility index (Phi) is 3.99. The number of methoxy groups -OCH3 is 1. The predicted octanol–water partition coefficient (Wildman–Crippen LogP) is 1.86. The van der Waals surface area contributed by atoms with E-state index in [1.165, 1.54) is 36.2 Å². The van der Waals surface area contributed by atoms with E-state index in [0.717, 1.165) is 0 Å². The summed E-state index contributed by atoms with van der Waals surface area (Å²) >= 11 is 5.60. The summed E-state index contributed by atoms with van der Waals surface area (Å²) < 4.78 is 6.30. The van der Waals surface area contributed by atoms with Gasteiger partial charge >= 0.3 is 0 Å². The number of halogens is 1. The van der Waals surface area contributed by atoms with Crippen molar-refractivity contribution in [1.29, 1.82) is 0 Å². The minimum atomic E-state index is -0.519. The highest BCUT2D eigenvalue weighted by Gasteiger charge is 2.11. The maximum Gasteiger partial charge on any atom is 0.273 e. The first-order valence-corrected chi connectivity index (χ1v) is 5.91. The first-order valence-electron chi connectivity index (χ1n) is 5.54. The molecule has 0 spiro atoms. The molecule has 104 valence electrons. The van der Waals surface area contributed by atoms with Gasteiger partial charge in [-0.05, 0) is 11.6 Å². The Morgan fingerprint density at radius 1 is 1.40 bits per heavy atom. The maximum absolute atomic E-state index is 11.7.